The van der Waals surface area contributed by atoms with Crippen LogP contribution in [0.25, 0.3) is 5.52 Å². The second-order valence-electron chi connectivity index (χ2n) is 8.03. The molecule has 9 nitrogen and oxygen atoms in total. The Balaban J connectivity index is 1.44. The van der Waals surface area contributed by atoms with Crippen molar-refractivity contribution in [1.82, 2.24) is 24.5 Å². The van der Waals surface area contributed by atoms with Crippen molar-refractivity contribution < 1.29 is 18.0 Å². The molecular weight excluding hydrogens is 406 g/mol. The lowest BCUT2D eigenvalue weighted by Crippen LogP contribution is -2.54. The monoisotopic (exact) mass is 433 g/mol. The number of carbonyl (C=O) groups excluding carboxylic acids is 2. The Morgan fingerprint density at radius 1 is 1.03 bits per heavy atom. The van der Waals surface area contributed by atoms with Gasteiger partial charge in [0.15, 0.2) is 5.69 Å². The Hall–Kier alpha value is -2.62. The van der Waals surface area contributed by atoms with E-state index in [1.807, 2.05) is 0 Å². The number of nitrogens with one attached hydrogen (secondary N) is 1. The van der Waals surface area contributed by atoms with E-state index in [9.17, 15) is 18.0 Å². The summed E-state index contributed by atoms with van der Waals surface area (Å²) < 4.78 is 25.6. The van der Waals surface area contributed by atoms with E-state index < -0.39 is 9.84 Å². The fourth-order valence-electron chi connectivity index (χ4n) is 4.20. The Kier molecular flexibility index (Phi) is 5.68. The second-order valence-corrected chi connectivity index (χ2v) is 9.94. The molecule has 10 heteroatoms. The summed E-state index contributed by atoms with van der Waals surface area (Å²) in [5.74, 6) is -0.319. The fourth-order valence-corrected chi connectivity index (χ4v) is 4.98. The Bertz CT molecular complexity index is 1050. The smallest absolute Gasteiger partial charge is 0.317 e. The maximum atomic E-state index is 13.1. The number of piperazine rings is 1. The molecule has 2 aromatic rings. The van der Waals surface area contributed by atoms with Gasteiger partial charge in [-0.05, 0) is 25.0 Å². The van der Waals surface area contributed by atoms with Gasteiger partial charge in [-0.15, -0.1) is 0 Å². The minimum absolute atomic E-state index is 0.0687. The van der Waals surface area contributed by atoms with Crippen LogP contribution < -0.4 is 5.32 Å². The topological polar surface area (TPSA) is 104 Å². The summed E-state index contributed by atoms with van der Waals surface area (Å²) >= 11 is 0. The molecule has 162 valence electrons. The van der Waals surface area contributed by atoms with Gasteiger partial charge >= 0.3 is 6.03 Å². The van der Waals surface area contributed by atoms with Crippen LogP contribution in [0.15, 0.2) is 29.6 Å². The molecule has 4 rings (SSSR count). The first kappa shape index (κ1) is 20.6. The van der Waals surface area contributed by atoms with Crippen LogP contribution in [0, 0.1) is 0 Å². The molecule has 2 aromatic heterocycles. The highest BCUT2D eigenvalue weighted by molar-refractivity contribution is 7.90. The quantitative estimate of drug-likeness (QED) is 0.791. The van der Waals surface area contributed by atoms with Crippen LogP contribution in [0.5, 0.6) is 0 Å². The standard InChI is InChI=1S/C20H27N5O4S/c1-30(28,29)20-22-17(16-9-5-6-10-25(16)20)18(26)23-11-13-24(14-12-23)19(27)21-15-7-3-2-4-8-15/h5-6,9-10,15H,2-4,7-8,11-14H2,1H3,(H,21,27). The Morgan fingerprint density at radius 2 is 1.70 bits per heavy atom. The molecule has 3 amide bonds. The Morgan fingerprint density at radius 3 is 2.37 bits per heavy atom. The number of hydrogen-bond donors (Lipinski definition) is 1. The van der Waals surface area contributed by atoms with Crippen molar-refractivity contribution in [3.8, 4) is 0 Å². The Labute approximate surface area is 176 Å². The summed E-state index contributed by atoms with van der Waals surface area (Å²) in [5, 5.41) is 2.96. The molecular formula is C20H27N5O4S. The maximum absolute atomic E-state index is 13.1. The molecule has 1 saturated carbocycles. The van der Waals surface area contributed by atoms with Gasteiger partial charge in [-0.25, -0.2) is 18.2 Å². The average molecular weight is 434 g/mol. The number of urea groups is 1. The molecule has 2 fully saturated rings. The molecule has 0 aromatic carbocycles. The summed E-state index contributed by atoms with van der Waals surface area (Å²) in [4.78, 5) is 33.1. The van der Waals surface area contributed by atoms with E-state index in [-0.39, 0.29) is 28.8 Å². The number of nitrogens with zero attached hydrogens (tertiary/aromatic N) is 4. The van der Waals surface area contributed by atoms with Crippen LogP contribution in [0.3, 0.4) is 0 Å². The zero-order valence-electron chi connectivity index (χ0n) is 17.1. The molecule has 1 N–H and O–H groups in total. The highest BCUT2D eigenvalue weighted by atomic mass is 32.2. The lowest BCUT2D eigenvalue weighted by Gasteiger charge is -2.35. The van der Waals surface area contributed by atoms with Crippen molar-refractivity contribution in [3.63, 3.8) is 0 Å². The van der Waals surface area contributed by atoms with Crippen molar-refractivity contribution in [2.45, 2.75) is 43.3 Å². The van der Waals surface area contributed by atoms with Crippen molar-refractivity contribution in [3.05, 3.63) is 30.1 Å². The number of carbonyl (C=O) groups is 2. The van der Waals surface area contributed by atoms with Crippen LogP contribution in [0.2, 0.25) is 0 Å². The first-order valence-electron chi connectivity index (χ1n) is 10.4. The van der Waals surface area contributed by atoms with Crippen LogP contribution >= 0.6 is 0 Å². The fraction of sp³-hybridized carbons (Fsp3) is 0.550. The van der Waals surface area contributed by atoms with Gasteiger partial charge in [-0.1, -0.05) is 25.3 Å². The third-order valence-electron chi connectivity index (χ3n) is 5.84. The molecule has 1 aliphatic carbocycles. The third-order valence-corrected chi connectivity index (χ3v) is 6.79. The average Bonchev–Trinajstić information content (AvgIpc) is 3.14. The summed E-state index contributed by atoms with van der Waals surface area (Å²) in [6, 6.07) is 5.30. The minimum atomic E-state index is -3.59. The zero-order valence-corrected chi connectivity index (χ0v) is 17.9. The molecule has 0 atom stereocenters. The molecule has 1 aliphatic heterocycles. The molecule has 30 heavy (non-hydrogen) atoms. The number of amides is 3. The van der Waals surface area contributed by atoms with Gasteiger partial charge in [0.25, 0.3) is 5.91 Å². The number of aromatic nitrogens is 2. The highest BCUT2D eigenvalue weighted by Crippen LogP contribution is 2.20. The van der Waals surface area contributed by atoms with Crippen molar-refractivity contribution in [2.24, 2.45) is 0 Å². The normalized spacial score (nSPS) is 18.6. The van der Waals surface area contributed by atoms with Gasteiger partial charge in [-0.3, -0.25) is 9.20 Å². The van der Waals surface area contributed by atoms with Gasteiger partial charge in [0, 0.05) is 44.7 Å². The van der Waals surface area contributed by atoms with Crippen LogP contribution in [0.1, 0.15) is 42.6 Å². The lowest BCUT2D eigenvalue weighted by molar-refractivity contribution is 0.0659. The first-order chi connectivity index (χ1) is 14.3. The van der Waals surface area contributed by atoms with Crippen molar-refractivity contribution >= 4 is 27.3 Å². The van der Waals surface area contributed by atoms with Gasteiger partial charge in [0.1, 0.15) is 0 Å². The van der Waals surface area contributed by atoms with E-state index in [0.29, 0.717) is 31.7 Å². The summed E-state index contributed by atoms with van der Waals surface area (Å²) in [5.41, 5.74) is 0.580. The number of imidazole rings is 1. The summed E-state index contributed by atoms with van der Waals surface area (Å²) in [6.45, 7) is 1.65. The van der Waals surface area contributed by atoms with Gasteiger partial charge in [0.05, 0.1) is 5.52 Å². The third kappa shape index (κ3) is 4.14. The van der Waals surface area contributed by atoms with Crippen molar-refractivity contribution in [2.75, 3.05) is 32.4 Å². The number of pyridine rings is 1. The molecule has 1 saturated heterocycles. The van der Waals surface area contributed by atoms with Gasteiger partial charge in [0.2, 0.25) is 15.0 Å². The molecule has 0 radical (unpaired) electrons. The molecule has 0 bridgehead atoms. The number of hydrogen-bond acceptors (Lipinski definition) is 5. The molecule has 2 aliphatic rings. The molecule has 3 heterocycles. The summed E-state index contributed by atoms with van der Waals surface area (Å²) in [7, 11) is -3.59. The van der Waals surface area contributed by atoms with E-state index >= 15 is 0 Å². The van der Waals surface area contributed by atoms with Crippen LogP contribution in [0.4, 0.5) is 4.79 Å². The van der Waals surface area contributed by atoms with Crippen molar-refractivity contribution in [1.29, 1.82) is 0 Å². The number of sulfone groups is 1. The highest BCUT2D eigenvalue weighted by Gasteiger charge is 2.30. The minimum Gasteiger partial charge on any atom is -0.335 e. The molecule has 0 spiro atoms. The number of rotatable bonds is 3. The maximum Gasteiger partial charge on any atom is 0.317 e. The van der Waals surface area contributed by atoms with E-state index in [0.717, 1.165) is 31.9 Å². The SMILES string of the molecule is CS(=O)(=O)c1nc(C(=O)N2CCN(C(=O)NC3CCCCC3)CC2)c2ccccn12. The van der Waals surface area contributed by atoms with E-state index in [1.165, 1.54) is 10.8 Å². The largest absolute Gasteiger partial charge is 0.335 e. The lowest BCUT2D eigenvalue weighted by atomic mass is 9.96. The predicted molar refractivity (Wildman–Crippen MR) is 111 cm³/mol. The van der Waals surface area contributed by atoms with Crippen LogP contribution in [-0.4, -0.2) is 78.0 Å². The predicted octanol–water partition coefficient (Wildman–Crippen LogP) is 1.54. The van der Waals surface area contributed by atoms with E-state index in [1.54, 1.807) is 34.2 Å². The first-order valence-corrected chi connectivity index (χ1v) is 12.3. The van der Waals surface area contributed by atoms with Crippen LogP contribution in [-0.2, 0) is 9.84 Å². The zero-order chi connectivity index (χ0) is 21.3. The second kappa shape index (κ2) is 8.25. The van der Waals surface area contributed by atoms with Gasteiger partial charge in [-0.2, -0.15) is 0 Å². The molecule has 0 unspecified atom stereocenters. The summed E-state index contributed by atoms with van der Waals surface area (Å²) in [6.07, 6.45) is 8.26. The number of fused-ring (bicyclic) bond motifs is 1. The van der Waals surface area contributed by atoms with Gasteiger partial charge < -0.3 is 15.1 Å². The van der Waals surface area contributed by atoms with E-state index in [2.05, 4.69) is 10.3 Å². The van der Waals surface area contributed by atoms with E-state index in [4.69, 9.17) is 0 Å².